The van der Waals surface area contributed by atoms with Crippen molar-refractivity contribution in [3.8, 4) is 5.75 Å². The number of carbonyl (C=O) groups is 2. The molecule has 0 aromatic heterocycles. The standard InChI is InChI=1S/C25H33ClN2O3/c1-6-22(25(30)27-14-17(2)3)28(15-20-10-8-7-9-11-20)23(29)16-31-21-12-18(4)24(26)19(5)13-21/h7-13,17,22H,6,14-16H2,1-5H3,(H,27,30). The van der Waals surface area contributed by atoms with Gasteiger partial charge < -0.3 is 15.0 Å². The van der Waals surface area contributed by atoms with Crippen LogP contribution in [0.5, 0.6) is 5.75 Å². The highest BCUT2D eigenvalue weighted by atomic mass is 35.5. The second kappa shape index (κ2) is 11.8. The van der Waals surface area contributed by atoms with Gasteiger partial charge in [0.15, 0.2) is 6.61 Å². The Labute approximate surface area is 190 Å². The van der Waals surface area contributed by atoms with E-state index in [0.29, 0.717) is 36.2 Å². The first-order valence-electron chi connectivity index (χ1n) is 10.7. The molecule has 1 atom stereocenters. The van der Waals surface area contributed by atoms with Crippen LogP contribution in [0.4, 0.5) is 0 Å². The Bertz CT molecular complexity index is 861. The molecule has 168 valence electrons. The molecule has 0 heterocycles. The van der Waals surface area contributed by atoms with Gasteiger partial charge in [-0.1, -0.05) is 62.7 Å². The second-order valence-corrected chi connectivity index (χ2v) is 8.61. The zero-order valence-corrected chi connectivity index (χ0v) is 19.8. The third-order valence-electron chi connectivity index (χ3n) is 5.04. The van der Waals surface area contributed by atoms with E-state index < -0.39 is 6.04 Å². The molecule has 0 radical (unpaired) electrons. The second-order valence-electron chi connectivity index (χ2n) is 8.23. The lowest BCUT2D eigenvalue weighted by Crippen LogP contribution is -2.50. The summed E-state index contributed by atoms with van der Waals surface area (Å²) in [6, 6.07) is 12.7. The van der Waals surface area contributed by atoms with Crippen LogP contribution < -0.4 is 10.1 Å². The molecule has 31 heavy (non-hydrogen) atoms. The average Bonchev–Trinajstić information content (AvgIpc) is 2.74. The molecule has 6 heteroatoms. The maximum absolute atomic E-state index is 13.2. The molecule has 0 spiro atoms. The quantitative estimate of drug-likeness (QED) is 0.566. The maximum atomic E-state index is 13.2. The largest absolute Gasteiger partial charge is 0.484 e. The first kappa shape index (κ1) is 24.7. The minimum absolute atomic E-state index is 0.140. The lowest BCUT2D eigenvalue weighted by atomic mass is 10.1. The molecule has 0 aliphatic rings. The Kier molecular flexibility index (Phi) is 9.38. The molecule has 0 bridgehead atoms. The number of ether oxygens (including phenoxy) is 1. The Morgan fingerprint density at radius 1 is 1.10 bits per heavy atom. The lowest BCUT2D eigenvalue weighted by molar-refractivity contribution is -0.143. The summed E-state index contributed by atoms with van der Waals surface area (Å²) in [5.74, 6) is 0.545. The van der Waals surface area contributed by atoms with Crippen LogP contribution in [-0.2, 0) is 16.1 Å². The monoisotopic (exact) mass is 444 g/mol. The summed E-state index contributed by atoms with van der Waals surface area (Å²) in [4.78, 5) is 27.7. The zero-order chi connectivity index (χ0) is 23.0. The van der Waals surface area contributed by atoms with Gasteiger partial charge in [-0.3, -0.25) is 9.59 Å². The van der Waals surface area contributed by atoms with Gasteiger partial charge >= 0.3 is 0 Å². The third-order valence-corrected chi connectivity index (χ3v) is 5.63. The number of benzene rings is 2. The minimum Gasteiger partial charge on any atom is -0.484 e. The smallest absolute Gasteiger partial charge is 0.261 e. The Hall–Kier alpha value is -2.53. The average molecular weight is 445 g/mol. The van der Waals surface area contributed by atoms with Gasteiger partial charge in [-0.15, -0.1) is 0 Å². The Morgan fingerprint density at radius 2 is 1.71 bits per heavy atom. The predicted octanol–water partition coefficient (Wildman–Crippen LogP) is 4.92. The van der Waals surface area contributed by atoms with Gasteiger partial charge in [0.25, 0.3) is 5.91 Å². The molecule has 2 aromatic rings. The van der Waals surface area contributed by atoms with Crippen LogP contribution in [0, 0.1) is 19.8 Å². The summed E-state index contributed by atoms with van der Waals surface area (Å²) in [7, 11) is 0. The molecule has 1 N–H and O–H groups in total. The molecule has 0 aliphatic carbocycles. The van der Waals surface area contributed by atoms with Gasteiger partial charge in [-0.05, 0) is 55.0 Å². The van der Waals surface area contributed by atoms with Crippen molar-refractivity contribution < 1.29 is 14.3 Å². The van der Waals surface area contributed by atoms with E-state index in [1.165, 1.54) is 0 Å². The summed E-state index contributed by atoms with van der Waals surface area (Å²) < 4.78 is 5.79. The zero-order valence-electron chi connectivity index (χ0n) is 19.1. The van der Waals surface area contributed by atoms with Crippen LogP contribution >= 0.6 is 11.6 Å². The van der Waals surface area contributed by atoms with Gasteiger partial charge in [-0.25, -0.2) is 0 Å². The van der Waals surface area contributed by atoms with Crippen LogP contribution in [0.2, 0.25) is 5.02 Å². The van der Waals surface area contributed by atoms with Crippen LogP contribution in [0.1, 0.15) is 43.9 Å². The van der Waals surface area contributed by atoms with E-state index in [1.54, 1.807) is 4.90 Å². The molecule has 0 aliphatic heterocycles. The molecule has 2 amide bonds. The Morgan fingerprint density at radius 3 is 2.26 bits per heavy atom. The fourth-order valence-corrected chi connectivity index (χ4v) is 3.45. The number of rotatable bonds is 10. The first-order valence-corrected chi connectivity index (χ1v) is 11.1. The Balaban J connectivity index is 2.19. The lowest BCUT2D eigenvalue weighted by Gasteiger charge is -2.30. The van der Waals surface area contributed by atoms with Crippen molar-refractivity contribution in [1.29, 1.82) is 0 Å². The fraction of sp³-hybridized carbons (Fsp3) is 0.440. The summed E-state index contributed by atoms with van der Waals surface area (Å²) in [6.45, 7) is 10.6. The van der Waals surface area contributed by atoms with Gasteiger partial charge in [0.05, 0.1) is 0 Å². The normalized spacial score (nSPS) is 11.8. The van der Waals surface area contributed by atoms with Crippen LogP contribution in [-0.4, -0.2) is 35.9 Å². The number of amides is 2. The molecule has 0 saturated carbocycles. The first-order chi connectivity index (χ1) is 14.7. The summed E-state index contributed by atoms with van der Waals surface area (Å²) in [6.07, 6.45) is 0.516. The highest BCUT2D eigenvalue weighted by Crippen LogP contribution is 2.26. The molecular formula is C25H33ClN2O3. The van der Waals surface area contributed by atoms with Crippen molar-refractivity contribution in [3.05, 3.63) is 64.2 Å². The highest BCUT2D eigenvalue weighted by Gasteiger charge is 2.29. The topological polar surface area (TPSA) is 58.6 Å². The maximum Gasteiger partial charge on any atom is 0.261 e. The number of hydrogen-bond acceptors (Lipinski definition) is 3. The van der Waals surface area contributed by atoms with E-state index in [4.69, 9.17) is 16.3 Å². The van der Waals surface area contributed by atoms with Crippen molar-refractivity contribution in [3.63, 3.8) is 0 Å². The van der Waals surface area contributed by atoms with Crippen LogP contribution in [0.25, 0.3) is 0 Å². The number of hydrogen-bond donors (Lipinski definition) is 1. The highest BCUT2D eigenvalue weighted by molar-refractivity contribution is 6.32. The van der Waals surface area contributed by atoms with Crippen LogP contribution in [0.15, 0.2) is 42.5 Å². The van der Waals surface area contributed by atoms with E-state index in [2.05, 4.69) is 5.32 Å². The fourth-order valence-electron chi connectivity index (χ4n) is 3.34. The number of nitrogens with one attached hydrogen (secondary N) is 1. The molecule has 0 fully saturated rings. The summed E-state index contributed by atoms with van der Waals surface area (Å²) in [5, 5.41) is 3.65. The predicted molar refractivity (Wildman–Crippen MR) is 125 cm³/mol. The molecule has 0 saturated heterocycles. The molecule has 2 rings (SSSR count). The van der Waals surface area contributed by atoms with E-state index >= 15 is 0 Å². The third kappa shape index (κ3) is 7.28. The van der Waals surface area contributed by atoms with Gasteiger partial charge in [0, 0.05) is 18.1 Å². The van der Waals surface area contributed by atoms with E-state index in [1.807, 2.05) is 77.1 Å². The molecule has 2 aromatic carbocycles. The van der Waals surface area contributed by atoms with Crippen molar-refractivity contribution in [2.75, 3.05) is 13.2 Å². The van der Waals surface area contributed by atoms with Crippen molar-refractivity contribution >= 4 is 23.4 Å². The number of carbonyl (C=O) groups excluding carboxylic acids is 2. The van der Waals surface area contributed by atoms with E-state index in [9.17, 15) is 9.59 Å². The van der Waals surface area contributed by atoms with Gasteiger partial charge in [-0.2, -0.15) is 0 Å². The number of aryl methyl sites for hydroxylation is 2. The molecule has 5 nitrogen and oxygen atoms in total. The van der Waals surface area contributed by atoms with E-state index in [-0.39, 0.29) is 18.4 Å². The number of nitrogens with zero attached hydrogens (tertiary/aromatic N) is 1. The molecule has 1 unspecified atom stereocenters. The van der Waals surface area contributed by atoms with Crippen LogP contribution in [0.3, 0.4) is 0 Å². The minimum atomic E-state index is -0.566. The van der Waals surface area contributed by atoms with E-state index in [0.717, 1.165) is 16.7 Å². The summed E-state index contributed by atoms with van der Waals surface area (Å²) in [5.41, 5.74) is 2.75. The van der Waals surface area contributed by atoms with Gasteiger partial charge in [0.2, 0.25) is 5.91 Å². The van der Waals surface area contributed by atoms with Crippen molar-refractivity contribution in [2.24, 2.45) is 5.92 Å². The van der Waals surface area contributed by atoms with Crippen molar-refractivity contribution in [1.82, 2.24) is 10.2 Å². The van der Waals surface area contributed by atoms with Gasteiger partial charge in [0.1, 0.15) is 11.8 Å². The number of halogens is 1. The SMILES string of the molecule is CCC(C(=O)NCC(C)C)N(Cc1ccccc1)C(=O)COc1cc(C)c(Cl)c(C)c1. The van der Waals surface area contributed by atoms with Crippen molar-refractivity contribution in [2.45, 2.75) is 53.6 Å². The molecular weight excluding hydrogens is 412 g/mol. The summed E-state index contributed by atoms with van der Waals surface area (Å²) >= 11 is 6.22.